The molecular formula is C34H34ClN7O2. The van der Waals surface area contributed by atoms with Crippen LogP contribution in [0.5, 0.6) is 6.01 Å². The first-order valence-electron chi connectivity index (χ1n) is 15.2. The standard InChI is InChI=1S/C34H34ClN7O2/c1-3-29(43)42-17-16-40(21-25(42)20-36-2)32-31-28(38-33(39-32)44-22-34-12-6-14-41(34)15-7-13-34)18-24(19-37-31)26-10-4-8-23-9-5-11-27(35)30(23)26/h3-5,8-11,18-19,25H,1,6-7,12-17,20-22H2/t25-/m0/s1. The largest absolute Gasteiger partial charge is 0.461 e. The minimum atomic E-state index is -0.289. The van der Waals surface area contributed by atoms with Gasteiger partial charge in [0.2, 0.25) is 12.5 Å². The van der Waals surface area contributed by atoms with Crippen molar-refractivity contribution in [1.82, 2.24) is 24.8 Å². The van der Waals surface area contributed by atoms with Crippen LogP contribution >= 0.6 is 11.6 Å². The lowest BCUT2D eigenvalue weighted by Crippen LogP contribution is -2.56. The fourth-order valence-electron chi connectivity index (χ4n) is 7.33. The first-order chi connectivity index (χ1) is 21.5. The van der Waals surface area contributed by atoms with E-state index in [1.165, 1.54) is 18.9 Å². The molecule has 3 aliphatic rings. The molecule has 2 aromatic carbocycles. The number of amides is 1. The van der Waals surface area contributed by atoms with Crippen LogP contribution in [0.25, 0.3) is 37.8 Å². The molecule has 0 N–H and O–H groups in total. The third kappa shape index (κ3) is 5.02. The van der Waals surface area contributed by atoms with Crippen molar-refractivity contribution < 1.29 is 9.53 Å². The molecule has 10 heteroatoms. The number of carbonyl (C=O) groups excluding carboxylic acids is 1. The summed E-state index contributed by atoms with van der Waals surface area (Å²) in [4.78, 5) is 37.3. The predicted molar refractivity (Wildman–Crippen MR) is 173 cm³/mol. The third-order valence-corrected chi connectivity index (χ3v) is 9.80. The number of rotatable bonds is 7. The Morgan fingerprint density at radius 2 is 1.93 bits per heavy atom. The van der Waals surface area contributed by atoms with Crippen LogP contribution in [0, 0.1) is 6.57 Å². The minimum Gasteiger partial charge on any atom is -0.461 e. The van der Waals surface area contributed by atoms with Crippen molar-refractivity contribution in [3.8, 4) is 17.1 Å². The van der Waals surface area contributed by atoms with Crippen LogP contribution in [-0.4, -0.2) is 88.1 Å². The van der Waals surface area contributed by atoms with Gasteiger partial charge in [0.25, 0.3) is 0 Å². The summed E-state index contributed by atoms with van der Waals surface area (Å²) in [7, 11) is 0. The summed E-state index contributed by atoms with van der Waals surface area (Å²) in [6.07, 6.45) is 7.78. The van der Waals surface area contributed by atoms with E-state index in [0.717, 1.165) is 47.8 Å². The SMILES string of the molecule is [C-]#[N+]C[C@H]1CN(c2nc(OCC34CCCN3CCC4)nc3cc(-c4cccc5cccc(Cl)c45)cnc23)CCN1C(=O)C=C. The Hall–Kier alpha value is -4.26. The second-order valence-electron chi connectivity index (χ2n) is 11.9. The van der Waals surface area contributed by atoms with Crippen molar-refractivity contribution >= 4 is 45.1 Å². The molecule has 0 bridgehead atoms. The third-order valence-electron chi connectivity index (χ3n) is 9.48. The molecule has 3 aliphatic heterocycles. The number of hydrogen-bond donors (Lipinski definition) is 0. The normalized spacial score (nSPS) is 19.7. The van der Waals surface area contributed by atoms with Gasteiger partial charge in [0.05, 0.1) is 11.1 Å². The summed E-state index contributed by atoms with van der Waals surface area (Å²) in [6, 6.07) is 14.1. The number of carbonyl (C=O) groups is 1. The Balaban J connectivity index is 1.30. The Morgan fingerprint density at radius 1 is 1.14 bits per heavy atom. The first kappa shape index (κ1) is 28.5. The van der Waals surface area contributed by atoms with Crippen LogP contribution in [0.3, 0.4) is 0 Å². The fourth-order valence-corrected chi connectivity index (χ4v) is 7.61. The summed E-state index contributed by atoms with van der Waals surface area (Å²) in [6.45, 7) is 15.6. The highest BCUT2D eigenvalue weighted by molar-refractivity contribution is 6.36. The van der Waals surface area contributed by atoms with Crippen LogP contribution in [0.2, 0.25) is 5.02 Å². The molecule has 7 rings (SSSR count). The van der Waals surface area contributed by atoms with Crippen LogP contribution in [-0.2, 0) is 4.79 Å². The van der Waals surface area contributed by atoms with E-state index in [9.17, 15) is 4.79 Å². The molecule has 0 saturated carbocycles. The Labute approximate surface area is 261 Å². The van der Waals surface area contributed by atoms with Gasteiger partial charge in [0.1, 0.15) is 18.2 Å². The molecule has 44 heavy (non-hydrogen) atoms. The van der Waals surface area contributed by atoms with E-state index in [2.05, 4.69) is 39.4 Å². The zero-order valence-electron chi connectivity index (χ0n) is 24.6. The number of benzene rings is 2. The Morgan fingerprint density at radius 3 is 2.70 bits per heavy atom. The van der Waals surface area contributed by atoms with Crippen molar-refractivity contribution in [3.63, 3.8) is 0 Å². The van der Waals surface area contributed by atoms with Gasteiger partial charge in [-0.2, -0.15) is 9.97 Å². The van der Waals surface area contributed by atoms with Gasteiger partial charge in [-0.05, 0) is 67.9 Å². The van der Waals surface area contributed by atoms with Gasteiger partial charge in [0.15, 0.2) is 5.82 Å². The first-order valence-corrected chi connectivity index (χ1v) is 15.6. The van der Waals surface area contributed by atoms with Gasteiger partial charge in [0, 0.05) is 41.8 Å². The smallest absolute Gasteiger partial charge is 0.319 e. The number of hydrogen-bond acceptors (Lipinski definition) is 7. The molecule has 1 amide bonds. The van der Waals surface area contributed by atoms with E-state index < -0.39 is 0 Å². The zero-order valence-corrected chi connectivity index (χ0v) is 25.3. The van der Waals surface area contributed by atoms with Crippen molar-refractivity contribution in [3.05, 3.63) is 77.8 Å². The van der Waals surface area contributed by atoms with Crippen molar-refractivity contribution in [1.29, 1.82) is 0 Å². The average molecular weight is 608 g/mol. The highest BCUT2D eigenvalue weighted by Gasteiger charge is 2.45. The van der Waals surface area contributed by atoms with Crippen molar-refractivity contribution in [2.24, 2.45) is 0 Å². The summed E-state index contributed by atoms with van der Waals surface area (Å²) >= 11 is 6.68. The van der Waals surface area contributed by atoms with Crippen molar-refractivity contribution in [2.45, 2.75) is 37.3 Å². The maximum absolute atomic E-state index is 12.6. The molecular weight excluding hydrogens is 574 g/mol. The molecule has 3 saturated heterocycles. The molecule has 0 unspecified atom stereocenters. The lowest BCUT2D eigenvalue weighted by atomic mass is 9.95. The summed E-state index contributed by atoms with van der Waals surface area (Å²) in [5, 5.41) is 2.70. The number of piperazine rings is 1. The Kier molecular flexibility index (Phi) is 7.57. The zero-order chi connectivity index (χ0) is 30.3. The molecule has 1 atom stereocenters. The molecule has 2 aromatic heterocycles. The number of ether oxygens (including phenoxy) is 1. The van der Waals surface area contributed by atoms with Gasteiger partial charge in [-0.1, -0.05) is 48.5 Å². The lowest BCUT2D eigenvalue weighted by Gasteiger charge is -2.39. The number of aromatic nitrogens is 3. The average Bonchev–Trinajstić information content (AvgIpc) is 3.63. The van der Waals surface area contributed by atoms with Crippen LogP contribution in [0.4, 0.5) is 5.82 Å². The van der Waals surface area contributed by atoms with Gasteiger partial charge in [-0.3, -0.25) is 14.7 Å². The van der Waals surface area contributed by atoms with Crippen LogP contribution < -0.4 is 9.64 Å². The van der Waals surface area contributed by atoms with Crippen LogP contribution in [0.1, 0.15) is 25.7 Å². The van der Waals surface area contributed by atoms with E-state index in [0.29, 0.717) is 54.1 Å². The Bertz CT molecular complexity index is 1790. The topological polar surface area (TPSA) is 79.1 Å². The lowest BCUT2D eigenvalue weighted by molar-refractivity contribution is -0.128. The fraction of sp³-hybridized carbons (Fsp3) is 0.382. The van der Waals surface area contributed by atoms with E-state index in [4.69, 9.17) is 37.9 Å². The quantitative estimate of drug-likeness (QED) is 0.199. The molecule has 5 heterocycles. The molecule has 4 aromatic rings. The van der Waals surface area contributed by atoms with Gasteiger partial charge < -0.3 is 19.4 Å². The minimum absolute atomic E-state index is 0.0513. The second-order valence-corrected chi connectivity index (χ2v) is 12.4. The summed E-state index contributed by atoms with van der Waals surface area (Å²) in [5.41, 5.74) is 3.25. The highest BCUT2D eigenvalue weighted by Crippen LogP contribution is 2.40. The number of halogens is 1. The maximum Gasteiger partial charge on any atom is 0.319 e. The monoisotopic (exact) mass is 607 g/mol. The van der Waals surface area contributed by atoms with Gasteiger partial charge >= 0.3 is 6.01 Å². The summed E-state index contributed by atoms with van der Waals surface area (Å²) < 4.78 is 6.45. The van der Waals surface area contributed by atoms with Gasteiger partial charge in [-0.15, -0.1) is 0 Å². The molecule has 0 radical (unpaired) electrons. The molecule has 0 aliphatic carbocycles. The van der Waals surface area contributed by atoms with E-state index in [1.807, 2.05) is 30.5 Å². The molecule has 3 fully saturated rings. The van der Waals surface area contributed by atoms with E-state index in [-0.39, 0.29) is 24.0 Å². The maximum atomic E-state index is 12.6. The predicted octanol–water partition coefficient (Wildman–Crippen LogP) is 5.63. The van der Waals surface area contributed by atoms with E-state index >= 15 is 0 Å². The molecule has 224 valence electrons. The second kappa shape index (κ2) is 11.7. The number of anilines is 1. The number of nitrogens with zero attached hydrogens (tertiary/aromatic N) is 7. The van der Waals surface area contributed by atoms with Crippen molar-refractivity contribution in [2.75, 3.05) is 50.8 Å². The van der Waals surface area contributed by atoms with Crippen LogP contribution in [0.15, 0.2) is 61.3 Å². The van der Waals surface area contributed by atoms with E-state index in [1.54, 1.807) is 4.90 Å². The number of fused-ring (bicyclic) bond motifs is 3. The summed E-state index contributed by atoms with van der Waals surface area (Å²) in [5.74, 6) is 0.490. The molecule has 0 spiro atoms. The number of pyridine rings is 1. The molecule has 9 nitrogen and oxygen atoms in total. The van der Waals surface area contributed by atoms with Gasteiger partial charge in [-0.25, -0.2) is 6.57 Å². The highest BCUT2D eigenvalue weighted by atomic mass is 35.5.